The van der Waals surface area contributed by atoms with Crippen molar-refractivity contribution < 1.29 is 19.2 Å². The molecule has 0 radical (unpaired) electrons. The molecule has 0 saturated carbocycles. The monoisotopic (exact) mass is 158 g/mol. The molecule has 0 rings (SSSR count). The van der Waals surface area contributed by atoms with Gasteiger partial charge in [0.05, 0.1) is 14.1 Å². The van der Waals surface area contributed by atoms with E-state index >= 15 is 0 Å². The Labute approximate surface area is 67.2 Å². The molecule has 0 heterocycles. The van der Waals surface area contributed by atoms with Gasteiger partial charge < -0.3 is 14.7 Å². The smallest absolute Gasteiger partial charge is 0.402 e. The van der Waals surface area contributed by atoms with Crippen LogP contribution in [-0.2, 0) is 4.65 Å². The van der Waals surface area contributed by atoms with Crippen LogP contribution >= 0.6 is 0 Å². The molecule has 5 heteroatoms. The Morgan fingerprint density at radius 2 is 2.09 bits per heavy atom. The summed E-state index contributed by atoms with van der Waals surface area (Å²) in [6.45, 7) is 0.675. The Bertz CT molecular complexity index is 152. The van der Waals surface area contributed by atoms with E-state index in [2.05, 4.69) is 10.6 Å². The Morgan fingerprint density at radius 1 is 1.55 bits per heavy atom. The highest BCUT2D eigenvalue weighted by atomic mass is 16.6. The van der Waals surface area contributed by atoms with E-state index in [4.69, 9.17) is 16.5 Å². The second-order valence-corrected chi connectivity index (χ2v) is 2.92. The van der Waals surface area contributed by atoms with E-state index in [0.29, 0.717) is 11.0 Å². The van der Waals surface area contributed by atoms with Gasteiger partial charge in [-0.3, -0.25) is 4.48 Å². The molecule has 0 atom stereocenters. The van der Waals surface area contributed by atoms with Gasteiger partial charge in [0.1, 0.15) is 6.54 Å². The van der Waals surface area contributed by atoms with Crippen LogP contribution < -0.4 is 0 Å². The molecule has 4 nitrogen and oxygen atoms in total. The minimum absolute atomic E-state index is 0.182. The van der Waals surface area contributed by atoms with E-state index in [1.165, 1.54) is 0 Å². The molecule has 0 saturated heterocycles. The SMILES string of the molecule is C#CC[N+](C)(C)COB(O)O. The molecule has 0 fully saturated rings. The summed E-state index contributed by atoms with van der Waals surface area (Å²) >= 11 is 0. The van der Waals surface area contributed by atoms with Gasteiger partial charge in [0.15, 0.2) is 6.73 Å². The van der Waals surface area contributed by atoms with Crippen LogP contribution in [0.4, 0.5) is 0 Å². The number of rotatable bonds is 4. The quantitative estimate of drug-likeness (QED) is 0.230. The van der Waals surface area contributed by atoms with Gasteiger partial charge in [-0.15, -0.1) is 6.42 Å². The molecule has 0 aromatic rings. The summed E-state index contributed by atoms with van der Waals surface area (Å²) in [5.41, 5.74) is 0. The van der Waals surface area contributed by atoms with Crippen LogP contribution in [0.1, 0.15) is 0 Å². The fraction of sp³-hybridized carbons (Fsp3) is 0.667. The first-order valence-electron chi connectivity index (χ1n) is 3.21. The van der Waals surface area contributed by atoms with E-state index in [9.17, 15) is 0 Å². The molecule has 0 aromatic heterocycles. The molecule has 2 N–H and O–H groups in total. The summed E-state index contributed by atoms with van der Waals surface area (Å²) < 4.78 is 4.96. The fourth-order valence-corrected chi connectivity index (χ4v) is 0.561. The van der Waals surface area contributed by atoms with Gasteiger partial charge in [-0.2, -0.15) is 0 Å². The topological polar surface area (TPSA) is 49.7 Å². The standard InChI is InChI=1S/C6H13BNO3/c1-4-5-8(2,3)6-11-7(9)10/h1,9-10H,5-6H2,2-3H3/q+1. The third-order valence-electron chi connectivity index (χ3n) is 1.09. The summed E-state index contributed by atoms with van der Waals surface area (Å²) in [6, 6.07) is 0. The highest BCUT2D eigenvalue weighted by Crippen LogP contribution is 1.95. The zero-order valence-electron chi connectivity index (χ0n) is 6.82. The summed E-state index contributed by atoms with van der Waals surface area (Å²) in [7, 11) is 1.95. The molecule has 11 heavy (non-hydrogen) atoms. The lowest BCUT2D eigenvalue weighted by atomic mass is 10.3. The van der Waals surface area contributed by atoms with E-state index < -0.39 is 7.32 Å². The first-order chi connectivity index (χ1) is 4.98. The summed E-state index contributed by atoms with van der Waals surface area (Å²) in [6.07, 6.45) is 5.07. The van der Waals surface area contributed by atoms with Crippen molar-refractivity contribution in [3.63, 3.8) is 0 Å². The lowest BCUT2D eigenvalue weighted by molar-refractivity contribution is -0.900. The second kappa shape index (κ2) is 4.37. The molecule has 0 spiro atoms. The number of hydrogen-bond donors (Lipinski definition) is 2. The molecular weight excluding hydrogens is 145 g/mol. The normalized spacial score (nSPS) is 10.8. The number of quaternary nitrogens is 1. The first-order valence-corrected chi connectivity index (χ1v) is 3.21. The maximum atomic E-state index is 8.36. The third kappa shape index (κ3) is 5.89. The zero-order chi connectivity index (χ0) is 8.91. The van der Waals surface area contributed by atoms with Crippen LogP contribution in [0.5, 0.6) is 0 Å². The predicted octanol–water partition coefficient (Wildman–Crippen LogP) is -1.36. The van der Waals surface area contributed by atoms with Crippen LogP contribution in [0.15, 0.2) is 0 Å². The fourth-order valence-electron chi connectivity index (χ4n) is 0.561. The van der Waals surface area contributed by atoms with Crippen LogP contribution in [0, 0.1) is 12.3 Å². The maximum absolute atomic E-state index is 8.36. The van der Waals surface area contributed by atoms with Crippen molar-refractivity contribution in [2.75, 3.05) is 27.4 Å². The molecule has 0 bridgehead atoms. The van der Waals surface area contributed by atoms with Crippen LogP contribution in [-0.4, -0.2) is 49.2 Å². The van der Waals surface area contributed by atoms with Crippen molar-refractivity contribution in [3.05, 3.63) is 0 Å². The lowest BCUT2D eigenvalue weighted by Crippen LogP contribution is -2.43. The van der Waals surface area contributed by atoms with Gasteiger partial charge in [0, 0.05) is 0 Å². The van der Waals surface area contributed by atoms with E-state index in [1.54, 1.807) is 0 Å². The molecule has 0 unspecified atom stereocenters. The van der Waals surface area contributed by atoms with Crippen LogP contribution in [0.2, 0.25) is 0 Å². The highest BCUT2D eigenvalue weighted by Gasteiger charge is 2.18. The highest BCUT2D eigenvalue weighted by molar-refractivity contribution is 6.32. The number of nitrogens with zero attached hydrogens (tertiary/aromatic N) is 1. The summed E-state index contributed by atoms with van der Waals surface area (Å²) in [5.74, 6) is 2.46. The van der Waals surface area contributed by atoms with Gasteiger partial charge in [0.25, 0.3) is 0 Å². The lowest BCUT2D eigenvalue weighted by Gasteiger charge is -2.26. The molecule has 62 valence electrons. The molecule has 0 aliphatic rings. The van der Waals surface area contributed by atoms with Crippen molar-refractivity contribution in [3.8, 4) is 12.3 Å². The van der Waals surface area contributed by atoms with Crippen molar-refractivity contribution in [1.29, 1.82) is 0 Å². The van der Waals surface area contributed by atoms with Crippen molar-refractivity contribution in [2.45, 2.75) is 0 Å². The van der Waals surface area contributed by atoms with Crippen molar-refractivity contribution >= 4 is 7.32 Å². The van der Waals surface area contributed by atoms with Crippen LogP contribution in [0.25, 0.3) is 0 Å². The molecular formula is C6H13BNO3+. The van der Waals surface area contributed by atoms with Gasteiger partial charge in [-0.25, -0.2) is 0 Å². The van der Waals surface area contributed by atoms with Crippen LogP contribution in [0.3, 0.4) is 0 Å². The minimum atomic E-state index is -1.72. The van der Waals surface area contributed by atoms with Gasteiger partial charge in [-0.1, -0.05) is 0 Å². The maximum Gasteiger partial charge on any atom is 0.637 e. The van der Waals surface area contributed by atoms with E-state index in [0.717, 1.165) is 0 Å². The Morgan fingerprint density at radius 3 is 2.45 bits per heavy atom. The summed E-state index contributed by atoms with van der Waals surface area (Å²) in [5, 5.41) is 16.7. The number of hydrogen-bond acceptors (Lipinski definition) is 3. The van der Waals surface area contributed by atoms with Gasteiger partial charge in [-0.05, 0) is 5.92 Å². The minimum Gasteiger partial charge on any atom is -0.402 e. The Hall–Kier alpha value is -0.535. The Balaban J connectivity index is 3.65. The number of terminal acetylenes is 1. The van der Waals surface area contributed by atoms with E-state index in [1.807, 2.05) is 14.1 Å². The zero-order valence-corrected chi connectivity index (χ0v) is 6.82. The summed E-state index contributed by atoms with van der Waals surface area (Å²) in [4.78, 5) is 0. The Kier molecular flexibility index (Phi) is 4.15. The van der Waals surface area contributed by atoms with Gasteiger partial charge >= 0.3 is 7.32 Å². The average molecular weight is 158 g/mol. The molecule has 0 aliphatic heterocycles. The second-order valence-electron chi connectivity index (χ2n) is 2.92. The van der Waals surface area contributed by atoms with Gasteiger partial charge in [0.2, 0.25) is 0 Å². The predicted molar refractivity (Wildman–Crippen MR) is 42.0 cm³/mol. The van der Waals surface area contributed by atoms with E-state index in [-0.39, 0.29) is 6.73 Å². The average Bonchev–Trinajstić information content (AvgIpc) is 1.84. The molecule has 0 aliphatic carbocycles. The van der Waals surface area contributed by atoms with Crippen molar-refractivity contribution in [1.82, 2.24) is 0 Å². The molecule has 0 aromatic carbocycles. The first kappa shape index (κ1) is 10.5. The largest absolute Gasteiger partial charge is 0.637 e. The van der Waals surface area contributed by atoms with Crippen molar-refractivity contribution in [2.24, 2.45) is 0 Å². The molecule has 0 amide bonds. The third-order valence-corrected chi connectivity index (χ3v) is 1.09.